The molecule has 0 unspecified atom stereocenters. The first-order valence-corrected chi connectivity index (χ1v) is 10.8. The number of phenolic OH excluding ortho intramolecular Hbond substituents is 2. The van der Waals surface area contributed by atoms with Crippen LogP contribution in [0.5, 0.6) is 11.5 Å². The van der Waals surface area contributed by atoms with Gasteiger partial charge in [0.25, 0.3) is 0 Å². The highest BCUT2D eigenvalue weighted by molar-refractivity contribution is 5.72. The number of carbonyl (C=O) groups is 1. The maximum absolute atomic E-state index is 11.8. The number of esters is 1. The monoisotopic (exact) mass is 378 g/mol. The van der Waals surface area contributed by atoms with Crippen molar-refractivity contribution in [1.29, 1.82) is 0 Å². The number of hydrogen-bond acceptors (Lipinski definition) is 4. The molecule has 0 aliphatic carbocycles. The molecule has 0 aliphatic rings. The third kappa shape index (κ3) is 13.2. The molecule has 4 heteroatoms. The smallest absolute Gasteiger partial charge is 0.310 e. The van der Waals surface area contributed by atoms with E-state index in [1.165, 1.54) is 88.8 Å². The average molecular weight is 379 g/mol. The zero-order valence-corrected chi connectivity index (χ0v) is 17.0. The number of ether oxygens (including phenoxy) is 1. The van der Waals surface area contributed by atoms with Gasteiger partial charge in [-0.15, -0.1) is 0 Å². The Hall–Kier alpha value is -1.71. The molecule has 0 fully saturated rings. The number of carbonyl (C=O) groups excluding carboxylic acids is 1. The molecule has 27 heavy (non-hydrogen) atoms. The summed E-state index contributed by atoms with van der Waals surface area (Å²) < 4.78 is 5.22. The molecule has 0 saturated heterocycles. The highest BCUT2D eigenvalue weighted by Gasteiger charge is 2.07. The van der Waals surface area contributed by atoms with Crippen LogP contribution in [0.3, 0.4) is 0 Å². The van der Waals surface area contributed by atoms with Crippen molar-refractivity contribution in [2.45, 2.75) is 96.8 Å². The summed E-state index contributed by atoms with van der Waals surface area (Å²) in [6.45, 7) is 2.70. The Bertz CT molecular complexity index is 493. The summed E-state index contributed by atoms with van der Waals surface area (Å²) in [5.74, 6) is -0.414. The molecular formula is C23H38O4. The maximum Gasteiger partial charge on any atom is 0.310 e. The Balaban J connectivity index is 1.89. The van der Waals surface area contributed by atoms with Crippen molar-refractivity contribution in [3.05, 3.63) is 23.8 Å². The molecule has 0 spiro atoms. The van der Waals surface area contributed by atoms with E-state index in [0.29, 0.717) is 12.2 Å². The molecule has 0 aliphatic heterocycles. The summed E-state index contributed by atoms with van der Waals surface area (Å²) in [5.41, 5.74) is 0.558. The zero-order chi connectivity index (χ0) is 19.7. The fourth-order valence-corrected chi connectivity index (χ4v) is 3.28. The first kappa shape index (κ1) is 23.3. The van der Waals surface area contributed by atoms with Crippen molar-refractivity contribution in [3.8, 4) is 11.5 Å². The van der Waals surface area contributed by atoms with E-state index in [9.17, 15) is 15.0 Å². The lowest BCUT2D eigenvalue weighted by Gasteiger charge is -2.06. The zero-order valence-electron chi connectivity index (χ0n) is 17.0. The van der Waals surface area contributed by atoms with Gasteiger partial charge in [-0.05, 0) is 24.1 Å². The average Bonchev–Trinajstić information content (AvgIpc) is 2.61. The Morgan fingerprint density at radius 2 is 1.19 bits per heavy atom. The van der Waals surface area contributed by atoms with Gasteiger partial charge in [-0.3, -0.25) is 4.79 Å². The molecular weight excluding hydrogens is 340 g/mol. The Morgan fingerprint density at radius 3 is 1.67 bits per heavy atom. The van der Waals surface area contributed by atoms with E-state index >= 15 is 0 Å². The molecule has 2 N–H and O–H groups in total. The molecule has 1 aromatic carbocycles. The summed E-state index contributed by atoms with van der Waals surface area (Å²) in [5, 5.41) is 18.8. The van der Waals surface area contributed by atoms with E-state index in [-0.39, 0.29) is 23.9 Å². The summed E-state index contributed by atoms with van der Waals surface area (Å²) >= 11 is 0. The molecule has 0 saturated carbocycles. The van der Waals surface area contributed by atoms with Crippen LogP contribution >= 0.6 is 0 Å². The van der Waals surface area contributed by atoms with Crippen LogP contribution in [-0.2, 0) is 16.0 Å². The Labute approximate surface area is 164 Å². The number of hydrogen-bond donors (Lipinski definition) is 2. The van der Waals surface area contributed by atoms with Crippen molar-refractivity contribution in [2.75, 3.05) is 6.61 Å². The number of rotatable bonds is 16. The molecule has 0 radical (unpaired) electrons. The van der Waals surface area contributed by atoms with Gasteiger partial charge in [0.05, 0.1) is 13.0 Å². The van der Waals surface area contributed by atoms with Gasteiger partial charge in [-0.1, -0.05) is 84.0 Å². The lowest BCUT2D eigenvalue weighted by Crippen LogP contribution is -2.09. The second-order valence-electron chi connectivity index (χ2n) is 7.50. The SMILES string of the molecule is CCCCCCCCCCCCCCCOC(=O)Cc1cc(O)cc(O)c1. The lowest BCUT2D eigenvalue weighted by atomic mass is 10.0. The molecule has 154 valence electrons. The van der Waals surface area contributed by atoms with E-state index in [0.717, 1.165) is 12.8 Å². The van der Waals surface area contributed by atoms with Gasteiger partial charge < -0.3 is 14.9 Å². The summed E-state index contributed by atoms with van der Waals surface area (Å²) in [7, 11) is 0. The molecule has 0 atom stereocenters. The fraction of sp³-hybridized carbons (Fsp3) is 0.696. The Morgan fingerprint density at radius 1 is 0.741 bits per heavy atom. The van der Waals surface area contributed by atoms with Crippen LogP contribution in [0, 0.1) is 0 Å². The predicted octanol–water partition coefficient (Wildman–Crippen LogP) is 6.27. The van der Waals surface area contributed by atoms with Gasteiger partial charge in [0, 0.05) is 6.07 Å². The van der Waals surface area contributed by atoms with Gasteiger partial charge >= 0.3 is 5.97 Å². The van der Waals surface area contributed by atoms with E-state index < -0.39 is 0 Å². The quantitative estimate of drug-likeness (QED) is 0.262. The Kier molecular flexibility index (Phi) is 13.3. The van der Waals surface area contributed by atoms with Crippen LogP contribution in [0.15, 0.2) is 18.2 Å². The molecule has 0 bridgehead atoms. The number of unbranched alkanes of at least 4 members (excludes halogenated alkanes) is 12. The van der Waals surface area contributed by atoms with Crippen LogP contribution in [-0.4, -0.2) is 22.8 Å². The summed E-state index contributed by atoms with van der Waals surface area (Å²) in [6, 6.07) is 4.17. The van der Waals surface area contributed by atoms with Gasteiger partial charge in [-0.2, -0.15) is 0 Å². The lowest BCUT2D eigenvalue weighted by molar-refractivity contribution is -0.142. The van der Waals surface area contributed by atoms with E-state index in [4.69, 9.17) is 4.74 Å². The molecule has 0 heterocycles. The topological polar surface area (TPSA) is 66.8 Å². The van der Waals surface area contributed by atoms with Gasteiger partial charge in [0.1, 0.15) is 11.5 Å². The fourth-order valence-electron chi connectivity index (χ4n) is 3.28. The van der Waals surface area contributed by atoms with Crippen molar-refractivity contribution >= 4 is 5.97 Å². The highest BCUT2D eigenvalue weighted by atomic mass is 16.5. The van der Waals surface area contributed by atoms with E-state index in [1.54, 1.807) is 0 Å². The van der Waals surface area contributed by atoms with Gasteiger partial charge in [0.2, 0.25) is 0 Å². The van der Waals surface area contributed by atoms with Crippen LogP contribution in [0.4, 0.5) is 0 Å². The van der Waals surface area contributed by atoms with Crippen molar-refractivity contribution in [1.82, 2.24) is 0 Å². The van der Waals surface area contributed by atoms with Crippen LogP contribution in [0.2, 0.25) is 0 Å². The van der Waals surface area contributed by atoms with Gasteiger partial charge in [-0.25, -0.2) is 0 Å². The summed E-state index contributed by atoms with van der Waals surface area (Å²) in [4.78, 5) is 11.8. The first-order chi connectivity index (χ1) is 13.1. The van der Waals surface area contributed by atoms with Gasteiger partial charge in [0.15, 0.2) is 0 Å². The molecule has 4 nitrogen and oxygen atoms in total. The van der Waals surface area contributed by atoms with E-state index in [1.807, 2.05) is 0 Å². The third-order valence-electron chi connectivity index (χ3n) is 4.82. The van der Waals surface area contributed by atoms with E-state index in [2.05, 4.69) is 6.92 Å². The second-order valence-corrected chi connectivity index (χ2v) is 7.50. The van der Waals surface area contributed by atoms with Crippen LogP contribution in [0.1, 0.15) is 96.0 Å². The highest BCUT2D eigenvalue weighted by Crippen LogP contribution is 2.21. The first-order valence-electron chi connectivity index (χ1n) is 10.8. The number of benzene rings is 1. The molecule has 0 aromatic heterocycles. The van der Waals surface area contributed by atoms with Crippen LogP contribution < -0.4 is 0 Å². The van der Waals surface area contributed by atoms with Crippen molar-refractivity contribution in [3.63, 3.8) is 0 Å². The molecule has 1 rings (SSSR count). The minimum absolute atomic E-state index is 0.0470. The molecule has 0 amide bonds. The molecule has 1 aromatic rings. The normalized spacial score (nSPS) is 10.9. The summed E-state index contributed by atoms with van der Waals surface area (Å²) in [6.07, 6.45) is 16.9. The standard InChI is InChI=1S/C23H38O4/c1-2-3-4-5-6-7-8-9-10-11-12-13-14-15-27-23(26)18-20-16-21(24)19-22(25)17-20/h16-17,19,24-25H,2-15,18H2,1H3. The maximum atomic E-state index is 11.8. The third-order valence-corrected chi connectivity index (χ3v) is 4.82. The van der Waals surface area contributed by atoms with Crippen molar-refractivity contribution < 1.29 is 19.7 Å². The predicted molar refractivity (Wildman–Crippen MR) is 110 cm³/mol. The second kappa shape index (κ2) is 15.4. The number of phenols is 2. The minimum Gasteiger partial charge on any atom is -0.508 e. The van der Waals surface area contributed by atoms with Crippen LogP contribution in [0.25, 0.3) is 0 Å². The minimum atomic E-state index is -0.320. The largest absolute Gasteiger partial charge is 0.508 e. The van der Waals surface area contributed by atoms with Crippen molar-refractivity contribution in [2.24, 2.45) is 0 Å². The number of aromatic hydroxyl groups is 2.